The van der Waals surface area contributed by atoms with Gasteiger partial charge in [-0.25, -0.2) is 4.98 Å². The van der Waals surface area contributed by atoms with Gasteiger partial charge >= 0.3 is 0 Å². The smallest absolute Gasteiger partial charge is 0.263 e. The fourth-order valence-corrected chi connectivity index (χ4v) is 7.03. The maximum atomic E-state index is 13.6. The Bertz CT molecular complexity index is 1240. The van der Waals surface area contributed by atoms with Crippen LogP contribution in [-0.2, 0) is 35.3 Å². The van der Waals surface area contributed by atoms with Gasteiger partial charge in [0.2, 0.25) is 5.91 Å². The van der Waals surface area contributed by atoms with E-state index in [1.165, 1.54) is 39.8 Å². The second-order valence-corrected chi connectivity index (χ2v) is 11.2. The molecule has 1 N–H and O–H groups in total. The predicted molar refractivity (Wildman–Crippen MR) is 138 cm³/mol. The quantitative estimate of drug-likeness (QED) is 0.372. The van der Waals surface area contributed by atoms with Crippen molar-refractivity contribution in [3.05, 3.63) is 56.2 Å². The molecule has 1 fully saturated rings. The number of fused-ring (bicyclic) bond motifs is 3. The number of thiophene rings is 1. The molecule has 1 amide bonds. The molecule has 1 aliphatic heterocycles. The second kappa shape index (κ2) is 10.6. The maximum Gasteiger partial charge on any atom is 0.263 e. The lowest BCUT2D eigenvalue weighted by Gasteiger charge is -2.16. The number of rotatable bonds is 8. The SMILES string of the molecule is Cc1ccccc1CCNC(=O)CSc1nc2sc3c(c2c(=O)n1CC1CCCO1)CCCC3. The van der Waals surface area contributed by atoms with Gasteiger partial charge in [0.05, 0.1) is 23.8 Å². The highest BCUT2D eigenvalue weighted by Crippen LogP contribution is 2.35. The average Bonchev–Trinajstić information content (AvgIpc) is 3.48. The van der Waals surface area contributed by atoms with Crippen LogP contribution in [0.2, 0.25) is 0 Å². The number of thioether (sulfide) groups is 1. The molecule has 1 unspecified atom stereocenters. The molecule has 1 aliphatic carbocycles. The van der Waals surface area contributed by atoms with Crippen molar-refractivity contribution in [3.63, 3.8) is 0 Å². The summed E-state index contributed by atoms with van der Waals surface area (Å²) in [6.45, 7) is 3.93. The van der Waals surface area contributed by atoms with Crippen LogP contribution < -0.4 is 10.9 Å². The first kappa shape index (κ1) is 23.6. The summed E-state index contributed by atoms with van der Waals surface area (Å²) >= 11 is 3.01. The summed E-state index contributed by atoms with van der Waals surface area (Å²) in [6.07, 6.45) is 7.11. The Balaban J connectivity index is 1.32. The second-order valence-electron chi connectivity index (χ2n) is 9.15. The Morgan fingerprint density at radius 3 is 2.94 bits per heavy atom. The van der Waals surface area contributed by atoms with Crippen LogP contribution in [0.5, 0.6) is 0 Å². The third kappa shape index (κ3) is 5.09. The number of benzene rings is 1. The molecule has 0 bridgehead atoms. The third-order valence-corrected chi connectivity index (χ3v) is 8.92. The number of hydrogen-bond acceptors (Lipinski definition) is 6. The van der Waals surface area contributed by atoms with E-state index < -0.39 is 0 Å². The molecule has 0 spiro atoms. The van der Waals surface area contributed by atoms with E-state index in [2.05, 4.69) is 24.4 Å². The Kier molecular flexibility index (Phi) is 7.37. The number of hydrogen-bond donors (Lipinski definition) is 1. The first-order valence-corrected chi connectivity index (χ1v) is 14.0. The molecule has 34 heavy (non-hydrogen) atoms. The lowest BCUT2D eigenvalue weighted by Crippen LogP contribution is -2.30. The van der Waals surface area contributed by atoms with Crippen LogP contribution in [0.3, 0.4) is 0 Å². The first-order chi connectivity index (χ1) is 16.6. The molecule has 3 heterocycles. The maximum absolute atomic E-state index is 13.6. The van der Waals surface area contributed by atoms with Crippen LogP contribution in [0.4, 0.5) is 0 Å². The Morgan fingerprint density at radius 1 is 1.26 bits per heavy atom. The third-order valence-electron chi connectivity index (χ3n) is 6.76. The Morgan fingerprint density at radius 2 is 2.12 bits per heavy atom. The molecule has 1 aromatic carbocycles. The number of carbonyl (C=O) groups excluding carboxylic acids is 1. The van der Waals surface area contributed by atoms with Crippen LogP contribution in [0.25, 0.3) is 10.2 Å². The minimum atomic E-state index is -0.0397. The van der Waals surface area contributed by atoms with Gasteiger partial charge in [0, 0.05) is 18.0 Å². The normalized spacial score (nSPS) is 17.7. The molecule has 3 aromatic rings. The minimum absolute atomic E-state index is 0.0300. The standard InChI is InChI=1S/C26H31N3O3S2/c1-17-7-2-3-8-18(17)12-13-27-22(30)16-33-26-28-24-23(20-10-4-5-11-21(20)34-24)25(31)29(26)15-19-9-6-14-32-19/h2-3,7-8,19H,4-6,9-16H2,1H3,(H,27,30). The predicted octanol–water partition coefficient (Wildman–Crippen LogP) is 4.28. The molecule has 0 radical (unpaired) electrons. The van der Waals surface area contributed by atoms with Crippen LogP contribution in [-0.4, -0.2) is 40.5 Å². The first-order valence-electron chi connectivity index (χ1n) is 12.2. The molecule has 2 aliphatic rings. The van der Waals surface area contributed by atoms with E-state index >= 15 is 0 Å². The lowest BCUT2D eigenvalue weighted by atomic mass is 9.97. The lowest BCUT2D eigenvalue weighted by molar-refractivity contribution is -0.118. The number of nitrogens with one attached hydrogen (secondary N) is 1. The number of nitrogens with zero attached hydrogens (tertiary/aromatic N) is 2. The number of amides is 1. The zero-order valence-electron chi connectivity index (χ0n) is 19.6. The summed E-state index contributed by atoms with van der Waals surface area (Å²) in [5.74, 6) is 0.199. The van der Waals surface area contributed by atoms with Crippen LogP contribution in [0.1, 0.15) is 47.3 Å². The molecule has 180 valence electrons. The van der Waals surface area contributed by atoms with E-state index in [0.29, 0.717) is 18.2 Å². The zero-order chi connectivity index (χ0) is 23.5. The van der Waals surface area contributed by atoms with E-state index in [9.17, 15) is 9.59 Å². The molecule has 1 atom stereocenters. The zero-order valence-corrected chi connectivity index (χ0v) is 21.2. The van der Waals surface area contributed by atoms with Gasteiger partial charge in [0.25, 0.3) is 5.56 Å². The summed E-state index contributed by atoms with van der Waals surface area (Å²) in [5, 5.41) is 4.44. The Hall–Kier alpha value is -2.16. The van der Waals surface area contributed by atoms with E-state index in [-0.39, 0.29) is 23.3 Å². The summed E-state index contributed by atoms with van der Waals surface area (Å²) in [4.78, 5) is 33.3. The van der Waals surface area contributed by atoms with E-state index in [4.69, 9.17) is 9.72 Å². The van der Waals surface area contributed by atoms with Gasteiger partial charge in [0.15, 0.2) is 5.16 Å². The highest BCUT2D eigenvalue weighted by Gasteiger charge is 2.25. The van der Waals surface area contributed by atoms with Crippen molar-refractivity contribution in [2.24, 2.45) is 0 Å². The topological polar surface area (TPSA) is 73.2 Å². The van der Waals surface area contributed by atoms with Crippen LogP contribution in [0, 0.1) is 6.92 Å². The van der Waals surface area contributed by atoms with Crippen molar-refractivity contribution in [3.8, 4) is 0 Å². The highest BCUT2D eigenvalue weighted by molar-refractivity contribution is 7.99. The van der Waals surface area contributed by atoms with Crippen molar-refractivity contribution in [1.29, 1.82) is 0 Å². The highest BCUT2D eigenvalue weighted by atomic mass is 32.2. The van der Waals surface area contributed by atoms with Crippen LogP contribution >= 0.6 is 23.1 Å². The van der Waals surface area contributed by atoms with Gasteiger partial charge in [-0.3, -0.25) is 14.2 Å². The number of aromatic nitrogens is 2. The molecule has 6 nitrogen and oxygen atoms in total. The average molecular weight is 498 g/mol. The van der Waals surface area contributed by atoms with Gasteiger partial charge in [-0.15, -0.1) is 11.3 Å². The van der Waals surface area contributed by atoms with Crippen molar-refractivity contribution < 1.29 is 9.53 Å². The van der Waals surface area contributed by atoms with Gasteiger partial charge in [-0.05, 0) is 68.6 Å². The fourth-order valence-electron chi connectivity index (χ4n) is 4.89. The molecule has 2 aromatic heterocycles. The molecule has 5 rings (SSSR count). The van der Waals surface area contributed by atoms with Gasteiger partial charge in [-0.1, -0.05) is 36.0 Å². The number of ether oxygens (including phenoxy) is 1. The van der Waals surface area contributed by atoms with Crippen molar-refractivity contribution >= 4 is 39.2 Å². The molecule has 8 heteroatoms. The van der Waals surface area contributed by atoms with E-state index in [1.54, 1.807) is 15.9 Å². The van der Waals surface area contributed by atoms with Crippen molar-refractivity contribution in [2.45, 2.75) is 69.7 Å². The molecular weight excluding hydrogens is 466 g/mol. The molecule has 0 saturated carbocycles. The minimum Gasteiger partial charge on any atom is -0.376 e. The number of carbonyl (C=O) groups is 1. The summed E-state index contributed by atoms with van der Waals surface area (Å²) < 4.78 is 7.60. The van der Waals surface area contributed by atoms with Gasteiger partial charge in [0.1, 0.15) is 4.83 Å². The summed E-state index contributed by atoms with van der Waals surface area (Å²) in [5.41, 5.74) is 3.72. The number of aryl methyl sites for hydroxylation is 3. The van der Waals surface area contributed by atoms with E-state index in [1.807, 2.05) is 12.1 Å². The molecular formula is C26H31N3O3S2. The Labute approximate surface area is 208 Å². The largest absolute Gasteiger partial charge is 0.376 e. The van der Waals surface area contributed by atoms with Crippen molar-refractivity contribution in [1.82, 2.24) is 14.9 Å². The van der Waals surface area contributed by atoms with Crippen LogP contribution in [0.15, 0.2) is 34.2 Å². The fraction of sp³-hybridized carbons (Fsp3) is 0.500. The van der Waals surface area contributed by atoms with Gasteiger partial charge < -0.3 is 10.1 Å². The molecule has 1 saturated heterocycles. The van der Waals surface area contributed by atoms with Gasteiger partial charge in [-0.2, -0.15) is 0 Å². The summed E-state index contributed by atoms with van der Waals surface area (Å²) in [7, 11) is 0. The summed E-state index contributed by atoms with van der Waals surface area (Å²) in [6, 6.07) is 8.24. The monoisotopic (exact) mass is 497 g/mol. The van der Waals surface area contributed by atoms with E-state index in [0.717, 1.165) is 55.3 Å². The van der Waals surface area contributed by atoms with Crippen molar-refractivity contribution in [2.75, 3.05) is 18.9 Å².